The van der Waals surface area contributed by atoms with Gasteiger partial charge in [-0.1, -0.05) is 18.2 Å². The van der Waals surface area contributed by atoms with Gasteiger partial charge < -0.3 is 15.5 Å². The second-order valence-corrected chi connectivity index (χ2v) is 5.57. The predicted octanol–water partition coefficient (Wildman–Crippen LogP) is 2.79. The van der Waals surface area contributed by atoms with Crippen LogP contribution >= 0.6 is 0 Å². The minimum absolute atomic E-state index is 0.0256. The van der Waals surface area contributed by atoms with Gasteiger partial charge in [-0.3, -0.25) is 4.79 Å². The molecule has 1 aromatic carbocycles. The molecule has 3 rings (SSSR count). The molecule has 0 aliphatic rings. The molecule has 0 unspecified atom stereocenters. The van der Waals surface area contributed by atoms with Crippen molar-refractivity contribution >= 4 is 11.9 Å². The van der Waals surface area contributed by atoms with Crippen molar-refractivity contribution in [3.05, 3.63) is 71.2 Å². The number of amides is 1. The van der Waals surface area contributed by atoms with E-state index in [-0.39, 0.29) is 30.6 Å². The predicted molar refractivity (Wildman–Crippen MR) is 88.6 cm³/mol. The highest BCUT2D eigenvalue weighted by atomic mass is 19.4. The Kier molecular flexibility index (Phi) is 5.06. The first-order valence-corrected chi connectivity index (χ1v) is 7.78. The molecule has 3 N–H and O–H groups in total. The summed E-state index contributed by atoms with van der Waals surface area (Å²) < 4.78 is 43.7. The molecule has 0 saturated carbocycles. The van der Waals surface area contributed by atoms with Crippen LogP contribution in [-0.2, 0) is 19.1 Å². The van der Waals surface area contributed by atoms with Crippen LogP contribution in [0.15, 0.2) is 47.1 Å². The number of nitrogens with zero attached hydrogens (tertiary/aromatic N) is 3. The van der Waals surface area contributed by atoms with E-state index >= 15 is 0 Å². The van der Waals surface area contributed by atoms with E-state index in [1.807, 2.05) is 0 Å². The number of nitrogens with two attached hydrogens (primary N) is 1. The Morgan fingerprint density at radius 2 is 1.96 bits per heavy atom. The first-order valence-electron chi connectivity index (χ1n) is 7.78. The van der Waals surface area contributed by atoms with Crippen LogP contribution in [0.25, 0.3) is 0 Å². The molecule has 2 aromatic heterocycles. The van der Waals surface area contributed by atoms with Gasteiger partial charge in [0.25, 0.3) is 5.91 Å². The first kappa shape index (κ1) is 18.4. The highest BCUT2D eigenvalue weighted by Gasteiger charge is 2.30. The normalized spacial score (nSPS) is 11.4. The van der Waals surface area contributed by atoms with Crippen molar-refractivity contribution in [3.63, 3.8) is 0 Å². The van der Waals surface area contributed by atoms with Crippen molar-refractivity contribution < 1.29 is 22.4 Å². The maximum Gasteiger partial charge on any atom is 0.416 e. The van der Waals surface area contributed by atoms with Crippen LogP contribution in [0, 0.1) is 0 Å². The van der Waals surface area contributed by atoms with Gasteiger partial charge in [0, 0.05) is 6.42 Å². The van der Waals surface area contributed by atoms with Crippen molar-refractivity contribution in [2.75, 3.05) is 5.32 Å². The van der Waals surface area contributed by atoms with Crippen LogP contribution < -0.4 is 11.1 Å². The molecule has 2 heterocycles. The summed E-state index contributed by atoms with van der Waals surface area (Å²) in [5, 5.41) is 2.86. The van der Waals surface area contributed by atoms with E-state index in [9.17, 15) is 18.0 Å². The molecule has 3 aromatic rings. The Balaban J connectivity index is 1.85. The van der Waals surface area contributed by atoms with Gasteiger partial charge in [-0.2, -0.15) is 23.1 Å². The molecule has 0 aliphatic carbocycles. The number of primary amides is 1. The lowest BCUT2D eigenvalue weighted by Crippen LogP contribution is -2.19. The summed E-state index contributed by atoms with van der Waals surface area (Å²) in [5.41, 5.74) is 4.79. The van der Waals surface area contributed by atoms with Crippen molar-refractivity contribution in [2.45, 2.75) is 19.1 Å². The highest BCUT2D eigenvalue weighted by molar-refractivity contribution is 5.89. The van der Waals surface area contributed by atoms with Crippen LogP contribution in [-0.4, -0.2) is 20.9 Å². The van der Waals surface area contributed by atoms with E-state index in [2.05, 4.69) is 20.3 Å². The van der Waals surface area contributed by atoms with Gasteiger partial charge in [-0.25, -0.2) is 4.98 Å². The number of aromatic nitrogens is 3. The number of carbonyl (C=O) groups excluding carboxylic acids is 1. The van der Waals surface area contributed by atoms with E-state index in [0.29, 0.717) is 11.3 Å². The molecule has 27 heavy (non-hydrogen) atoms. The second-order valence-electron chi connectivity index (χ2n) is 5.57. The van der Waals surface area contributed by atoms with Gasteiger partial charge in [0.2, 0.25) is 11.8 Å². The molecular formula is C17H14F3N5O2. The number of anilines is 1. The average Bonchev–Trinajstić information content (AvgIpc) is 3.13. The summed E-state index contributed by atoms with van der Waals surface area (Å²) in [4.78, 5) is 23.4. The third-order valence-electron chi connectivity index (χ3n) is 3.52. The van der Waals surface area contributed by atoms with Crippen molar-refractivity contribution in [1.29, 1.82) is 0 Å². The largest absolute Gasteiger partial charge is 0.467 e. The van der Waals surface area contributed by atoms with Crippen molar-refractivity contribution in [1.82, 2.24) is 15.0 Å². The van der Waals surface area contributed by atoms with Crippen molar-refractivity contribution in [3.8, 4) is 0 Å². The molecule has 140 valence electrons. The number of rotatable bonds is 6. The average molecular weight is 377 g/mol. The summed E-state index contributed by atoms with van der Waals surface area (Å²) in [6.45, 7) is 0.248. The summed E-state index contributed by atoms with van der Waals surface area (Å²) in [5.74, 6) is -0.370. The molecule has 0 aliphatic heterocycles. The Hall–Kier alpha value is -3.43. The molecular weight excluding hydrogens is 363 g/mol. The maximum atomic E-state index is 12.9. The van der Waals surface area contributed by atoms with E-state index < -0.39 is 17.6 Å². The molecule has 0 bridgehead atoms. The minimum Gasteiger partial charge on any atom is -0.467 e. The number of furan rings is 1. The lowest BCUT2D eigenvalue weighted by atomic mass is 10.1. The zero-order valence-corrected chi connectivity index (χ0v) is 13.8. The molecule has 0 saturated heterocycles. The molecule has 0 fully saturated rings. The van der Waals surface area contributed by atoms with E-state index in [1.54, 1.807) is 12.1 Å². The Bertz CT molecular complexity index is 942. The van der Waals surface area contributed by atoms with E-state index in [4.69, 9.17) is 10.2 Å². The van der Waals surface area contributed by atoms with Gasteiger partial charge in [-0.05, 0) is 23.8 Å². The van der Waals surface area contributed by atoms with Gasteiger partial charge in [0.05, 0.1) is 18.4 Å². The molecule has 0 atom stereocenters. The Morgan fingerprint density at radius 1 is 1.15 bits per heavy atom. The standard InChI is InChI=1S/C17H14F3N5O2/c18-17(19,20)11-4-1-3-10(7-11)8-13-23-15(14(21)26)25-16(24-13)22-9-12-5-2-6-27-12/h1-7H,8-9H2,(H2,21,26)(H,22,23,24,25). The fourth-order valence-electron chi connectivity index (χ4n) is 2.31. The molecule has 7 nitrogen and oxygen atoms in total. The summed E-state index contributed by atoms with van der Waals surface area (Å²) in [7, 11) is 0. The van der Waals surface area contributed by atoms with Gasteiger partial charge in [0.15, 0.2) is 0 Å². The van der Waals surface area contributed by atoms with Gasteiger partial charge in [-0.15, -0.1) is 0 Å². The zero-order valence-electron chi connectivity index (χ0n) is 13.8. The number of hydrogen-bond acceptors (Lipinski definition) is 6. The lowest BCUT2D eigenvalue weighted by molar-refractivity contribution is -0.137. The van der Waals surface area contributed by atoms with E-state index in [1.165, 1.54) is 18.4 Å². The minimum atomic E-state index is -4.46. The highest BCUT2D eigenvalue weighted by Crippen LogP contribution is 2.29. The second kappa shape index (κ2) is 7.44. The van der Waals surface area contributed by atoms with Crippen molar-refractivity contribution in [2.24, 2.45) is 5.73 Å². The summed E-state index contributed by atoms with van der Waals surface area (Å²) in [6, 6.07) is 8.22. The van der Waals surface area contributed by atoms with Gasteiger partial charge in [0.1, 0.15) is 11.6 Å². The molecule has 0 spiro atoms. The Morgan fingerprint density at radius 3 is 2.63 bits per heavy atom. The molecule has 0 radical (unpaired) electrons. The van der Waals surface area contributed by atoms with Crippen LogP contribution in [0.3, 0.4) is 0 Å². The zero-order chi connectivity index (χ0) is 19.4. The molecule has 1 amide bonds. The maximum absolute atomic E-state index is 12.9. The third-order valence-corrected chi connectivity index (χ3v) is 3.52. The lowest BCUT2D eigenvalue weighted by Gasteiger charge is -2.09. The SMILES string of the molecule is NC(=O)c1nc(Cc2cccc(C(F)(F)F)c2)nc(NCc2ccco2)n1. The number of hydrogen-bond donors (Lipinski definition) is 2. The number of benzene rings is 1. The first-order chi connectivity index (χ1) is 12.8. The Labute approximate surface area is 151 Å². The van der Waals surface area contributed by atoms with E-state index in [0.717, 1.165) is 12.1 Å². The monoisotopic (exact) mass is 377 g/mol. The number of alkyl halides is 3. The van der Waals surface area contributed by atoms with Crippen LogP contribution in [0.4, 0.5) is 19.1 Å². The summed E-state index contributed by atoms with van der Waals surface area (Å²) >= 11 is 0. The smallest absolute Gasteiger partial charge is 0.416 e. The molecule has 10 heteroatoms. The summed E-state index contributed by atoms with van der Waals surface area (Å²) in [6.07, 6.45) is -2.98. The number of nitrogens with one attached hydrogen (secondary N) is 1. The fraction of sp³-hybridized carbons (Fsp3) is 0.176. The number of halogens is 3. The number of carbonyl (C=O) groups is 1. The third kappa shape index (κ3) is 4.81. The van der Waals surface area contributed by atoms with Gasteiger partial charge >= 0.3 is 6.18 Å². The quantitative estimate of drug-likeness (QED) is 0.684. The van der Waals surface area contributed by atoms with Crippen LogP contribution in [0.1, 0.15) is 33.3 Å². The fourth-order valence-corrected chi connectivity index (χ4v) is 2.31. The van der Waals surface area contributed by atoms with Crippen LogP contribution in [0.5, 0.6) is 0 Å². The topological polar surface area (TPSA) is 107 Å². The van der Waals surface area contributed by atoms with Crippen LogP contribution in [0.2, 0.25) is 0 Å².